The maximum Gasteiger partial charge on any atom is 0.251 e. The average molecular weight is 251 g/mol. The molecule has 1 amide bonds. The predicted octanol–water partition coefficient (Wildman–Crippen LogP) is 0.457. The Morgan fingerprint density at radius 2 is 2.06 bits per heavy atom. The molecule has 0 aliphatic heterocycles. The molecular formula is C13H21N3O2. The quantitative estimate of drug-likeness (QED) is 0.799. The molecule has 0 saturated carbocycles. The second kappa shape index (κ2) is 6.96. The van der Waals surface area contributed by atoms with Crippen molar-refractivity contribution in [2.24, 2.45) is 7.05 Å². The van der Waals surface area contributed by atoms with Crippen molar-refractivity contribution < 1.29 is 4.79 Å². The maximum atomic E-state index is 11.8. The molecule has 1 N–H and O–H groups in total. The molecule has 0 saturated heterocycles. The first-order valence-electron chi connectivity index (χ1n) is 6.25. The van der Waals surface area contributed by atoms with Gasteiger partial charge in [0.15, 0.2) is 0 Å². The topological polar surface area (TPSA) is 54.3 Å². The molecule has 1 rings (SSSR count). The van der Waals surface area contributed by atoms with E-state index in [-0.39, 0.29) is 11.5 Å². The number of hydrogen-bond acceptors (Lipinski definition) is 3. The van der Waals surface area contributed by atoms with Crippen molar-refractivity contribution >= 4 is 5.91 Å². The summed E-state index contributed by atoms with van der Waals surface area (Å²) >= 11 is 0. The Bertz CT molecular complexity index is 450. The smallest absolute Gasteiger partial charge is 0.251 e. The Labute approximate surface area is 107 Å². The van der Waals surface area contributed by atoms with Gasteiger partial charge in [0.05, 0.1) is 0 Å². The maximum absolute atomic E-state index is 11.8. The number of carbonyl (C=O) groups is 1. The van der Waals surface area contributed by atoms with Crippen LogP contribution in [0.2, 0.25) is 0 Å². The molecule has 0 radical (unpaired) electrons. The molecule has 0 spiro atoms. The Kier molecular flexibility index (Phi) is 5.58. The van der Waals surface area contributed by atoms with Crippen molar-refractivity contribution in [3.05, 3.63) is 34.2 Å². The third-order valence-electron chi connectivity index (χ3n) is 2.97. The van der Waals surface area contributed by atoms with Crippen LogP contribution < -0.4 is 10.9 Å². The monoisotopic (exact) mass is 251 g/mol. The lowest BCUT2D eigenvalue weighted by atomic mass is 10.2. The highest BCUT2D eigenvalue weighted by Gasteiger charge is 2.06. The number of nitrogens with one attached hydrogen (secondary N) is 1. The van der Waals surface area contributed by atoms with Crippen LogP contribution in [0.1, 0.15) is 24.2 Å². The molecule has 0 atom stereocenters. The molecule has 0 bridgehead atoms. The molecule has 0 aromatic carbocycles. The molecule has 1 heterocycles. The molecule has 5 nitrogen and oxygen atoms in total. The van der Waals surface area contributed by atoms with E-state index < -0.39 is 0 Å². The zero-order valence-electron chi connectivity index (χ0n) is 11.3. The van der Waals surface area contributed by atoms with E-state index in [0.717, 1.165) is 19.6 Å². The van der Waals surface area contributed by atoms with Gasteiger partial charge in [-0.3, -0.25) is 9.59 Å². The number of likely N-dealkylation sites (N-methyl/N-ethyl adjacent to an activating group) is 1. The third kappa shape index (κ3) is 4.00. The Hall–Kier alpha value is -1.62. The van der Waals surface area contributed by atoms with Crippen molar-refractivity contribution in [2.75, 3.05) is 26.2 Å². The van der Waals surface area contributed by atoms with Gasteiger partial charge < -0.3 is 14.8 Å². The number of aryl methyl sites for hydroxylation is 1. The van der Waals surface area contributed by atoms with Gasteiger partial charge in [-0.25, -0.2) is 0 Å². The van der Waals surface area contributed by atoms with Gasteiger partial charge in [0.2, 0.25) is 0 Å². The summed E-state index contributed by atoms with van der Waals surface area (Å²) < 4.78 is 1.44. The molecule has 0 unspecified atom stereocenters. The third-order valence-corrected chi connectivity index (χ3v) is 2.97. The van der Waals surface area contributed by atoms with Crippen molar-refractivity contribution in [3.63, 3.8) is 0 Å². The molecule has 0 aliphatic carbocycles. The zero-order chi connectivity index (χ0) is 13.5. The van der Waals surface area contributed by atoms with Crippen LogP contribution in [0.3, 0.4) is 0 Å². The van der Waals surface area contributed by atoms with Gasteiger partial charge >= 0.3 is 0 Å². The fraction of sp³-hybridized carbons (Fsp3) is 0.538. The summed E-state index contributed by atoms with van der Waals surface area (Å²) in [6, 6.07) is 3.00. The van der Waals surface area contributed by atoms with Crippen LogP contribution in [0, 0.1) is 0 Å². The zero-order valence-corrected chi connectivity index (χ0v) is 11.3. The van der Waals surface area contributed by atoms with E-state index in [1.54, 1.807) is 19.3 Å². The van der Waals surface area contributed by atoms with Gasteiger partial charge in [-0.05, 0) is 19.2 Å². The first-order valence-corrected chi connectivity index (χ1v) is 6.25. The van der Waals surface area contributed by atoms with Crippen LogP contribution in [0.25, 0.3) is 0 Å². The van der Waals surface area contributed by atoms with E-state index in [1.807, 2.05) is 0 Å². The van der Waals surface area contributed by atoms with E-state index in [0.29, 0.717) is 12.1 Å². The van der Waals surface area contributed by atoms with E-state index in [2.05, 4.69) is 24.1 Å². The minimum Gasteiger partial charge on any atom is -0.351 e. The van der Waals surface area contributed by atoms with Gasteiger partial charge in [0, 0.05) is 38.0 Å². The SMILES string of the molecule is CCN(CC)CCNC(=O)c1ccn(C)c(=O)c1. The lowest BCUT2D eigenvalue weighted by Crippen LogP contribution is -2.35. The van der Waals surface area contributed by atoms with Gasteiger partial charge in [0.1, 0.15) is 0 Å². The number of amides is 1. The summed E-state index contributed by atoms with van der Waals surface area (Å²) in [5.41, 5.74) is 0.240. The van der Waals surface area contributed by atoms with Crippen molar-refractivity contribution in [3.8, 4) is 0 Å². The van der Waals surface area contributed by atoms with Gasteiger partial charge in [-0.15, -0.1) is 0 Å². The molecule has 0 fully saturated rings. The molecule has 100 valence electrons. The summed E-state index contributed by atoms with van der Waals surface area (Å²) in [6.45, 7) is 7.54. The van der Waals surface area contributed by atoms with E-state index in [4.69, 9.17) is 0 Å². The number of rotatable bonds is 6. The van der Waals surface area contributed by atoms with E-state index >= 15 is 0 Å². The molecular weight excluding hydrogens is 230 g/mol. The van der Waals surface area contributed by atoms with Gasteiger partial charge in [-0.1, -0.05) is 13.8 Å². The number of pyridine rings is 1. The summed E-state index contributed by atoms with van der Waals surface area (Å²) in [7, 11) is 1.66. The average Bonchev–Trinajstić information content (AvgIpc) is 2.37. The van der Waals surface area contributed by atoms with E-state index in [1.165, 1.54) is 10.6 Å². The van der Waals surface area contributed by atoms with Crippen LogP contribution in [-0.4, -0.2) is 41.6 Å². The van der Waals surface area contributed by atoms with Crippen LogP contribution in [0.15, 0.2) is 23.1 Å². The fourth-order valence-electron chi connectivity index (χ4n) is 1.66. The standard InChI is InChI=1S/C13H21N3O2/c1-4-16(5-2)9-7-14-13(18)11-6-8-15(3)12(17)10-11/h6,8,10H,4-5,7,9H2,1-3H3,(H,14,18). The van der Waals surface area contributed by atoms with Gasteiger partial charge in [0.25, 0.3) is 11.5 Å². The first-order chi connectivity index (χ1) is 8.58. The van der Waals surface area contributed by atoms with Crippen LogP contribution in [0.5, 0.6) is 0 Å². The molecule has 0 aliphatic rings. The lowest BCUT2D eigenvalue weighted by molar-refractivity contribution is 0.0948. The van der Waals surface area contributed by atoms with Crippen LogP contribution in [-0.2, 0) is 7.05 Å². The number of aromatic nitrogens is 1. The Morgan fingerprint density at radius 1 is 1.39 bits per heavy atom. The highest BCUT2D eigenvalue weighted by Crippen LogP contribution is 1.94. The first kappa shape index (κ1) is 14.4. The highest BCUT2D eigenvalue weighted by atomic mass is 16.2. The highest BCUT2D eigenvalue weighted by molar-refractivity contribution is 5.93. The fourth-order valence-corrected chi connectivity index (χ4v) is 1.66. The summed E-state index contributed by atoms with van der Waals surface area (Å²) in [5, 5.41) is 2.82. The summed E-state index contributed by atoms with van der Waals surface area (Å²) in [6.07, 6.45) is 1.60. The number of hydrogen-bond donors (Lipinski definition) is 1. The molecule has 5 heteroatoms. The number of nitrogens with zero attached hydrogens (tertiary/aromatic N) is 2. The molecule has 1 aromatic heterocycles. The predicted molar refractivity (Wildman–Crippen MR) is 71.8 cm³/mol. The Balaban J connectivity index is 2.50. The summed E-state index contributed by atoms with van der Waals surface area (Å²) in [5.74, 6) is -0.195. The Morgan fingerprint density at radius 3 is 2.61 bits per heavy atom. The van der Waals surface area contributed by atoms with Crippen LogP contribution in [0.4, 0.5) is 0 Å². The summed E-state index contributed by atoms with van der Waals surface area (Å²) in [4.78, 5) is 25.4. The normalized spacial score (nSPS) is 10.7. The lowest BCUT2D eigenvalue weighted by Gasteiger charge is -2.17. The number of carbonyl (C=O) groups excluding carboxylic acids is 1. The van der Waals surface area contributed by atoms with Crippen molar-refractivity contribution in [2.45, 2.75) is 13.8 Å². The second-order valence-electron chi connectivity index (χ2n) is 4.15. The second-order valence-corrected chi connectivity index (χ2v) is 4.15. The van der Waals surface area contributed by atoms with Crippen LogP contribution >= 0.6 is 0 Å². The minimum atomic E-state index is -0.195. The van der Waals surface area contributed by atoms with Crippen molar-refractivity contribution in [1.29, 1.82) is 0 Å². The molecule has 18 heavy (non-hydrogen) atoms. The largest absolute Gasteiger partial charge is 0.351 e. The van der Waals surface area contributed by atoms with E-state index in [9.17, 15) is 9.59 Å². The van der Waals surface area contributed by atoms with Crippen molar-refractivity contribution in [1.82, 2.24) is 14.8 Å². The minimum absolute atomic E-state index is 0.175. The molecule has 1 aromatic rings. The van der Waals surface area contributed by atoms with Gasteiger partial charge in [-0.2, -0.15) is 0 Å².